The van der Waals surface area contributed by atoms with Crippen LogP contribution in [0, 0.1) is 11.8 Å². The Bertz CT molecular complexity index is 376. The molecule has 1 rings (SSSR count). The Hall–Kier alpha value is -1.99. The lowest BCUT2D eigenvalue weighted by Gasteiger charge is -1.98. The Morgan fingerprint density at radius 2 is 2.23 bits per heavy atom. The van der Waals surface area contributed by atoms with E-state index in [1.165, 1.54) is 0 Å². The maximum Gasteiger partial charge on any atom is 0.293 e. The van der Waals surface area contributed by atoms with Crippen LogP contribution in [0.25, 0.3) is 0 Å². The van der Waals surface area contributed by atoms with Crippen molar-refractivity contribution >= 4 is 11.6 Å². The number of nitrogens with two attached hydrogens (primary N) is 2. The minimum absolute atomic E-state index is 0.647. The van der Waals surface area contributed by atoms with E-state index in [0.29, 0.717) is 5.56 Å². The van der Waals surface area contributed by atoms with Gasteiger partial charge < -0.3 is 11.2 Å². The van der Waals surface area contributed by atoms with E-state index < -0.39 is 5.91 Å². The molecule has 1 amide bonds. The van der Waals surface area contributed by atoms with Crippen molar-refractivity contribution in [3.63, 3.8) is 0 Å². The first kappa shape index (κ1) is 9.10. The summed E-state index contributed by atoms with van der Waals surface area (Å²) in [4.78, 5) is 10.3. The highest BCUT2D eigenvalue weighted by Gasteiger charge is 1.90. The van der Waals surface area contributed by atoms with Crippen molar-refractivity contribution in [2.24, 2.45) is 11.6 Å². The average Bonchev–Trinajstić information content (AvgIpc) is 2.15. The van der Waals surface area contributed by atoms with E-state index in [2.05, 4.69) is 17.3 Å². The van der Waals surface area contributed by atoms with Crippen LogP contribution in [-0.2, 0) is 4.79 Å². The monoisotopic (exact) mass is 175 g/mol. The molecule has 0 heterocycles. The van der Waals surface area contributed by atoms with Gasteiger partial charge in [0.25, 0.3) is 5.91 Å². The number of primary amides is 1. The molecule has 0 aliphatic heterocycles. The van der Waals surface area contributed by atoms with Crippen LogP contribution < -0.4 is 17.0 Å². The van der Waals surface area contributed by atoms with E-state index in [4.69, 9.17) is 11.6 Å². The van der Waals surface area contributed by atoms with E-state index in [1.54, 1.807) is 24.3 Å². The average molecular weight is 175 g/mol. The van der Waals surface area contributed by atoms with E-state index in [0.717, 1.165) is 5.69 Å². The number of hydrogen-bond donors (Lipinski definition) is 3. The number of hydrogen-bond acceptors (Lipinski definition) is 3. The SMILES string of the molecule is NNc1cccc(C#CC(N)=O)c1. The third-order valence-corrected chi connectivity index (χ3v) is 1.36. The number of carbonyl (C=O) groups is 1. The van der Waals surface area contributed by atoms with E-state index >= 15 is 0 Å². The number of benzene rings is 1. The summed E-state index contributed by atoms with van der Waals surface area (Å²) in [7, 11) is 0. The summed E-state index contributed by atoms with van der Waals surface area (Å²) in [5, 5.41) is 0. The Morgan fingerprint density at radius 1 is 1.46 bits per heavy atom. The van der Waals surface area contributed by atoms with Gasteiger partial charge in [0.05, 0.1) is 0 Å². The zero-order valence-electron chi connectivity index (χ0n) is 6.87. The number of nitrogen functional groups attached to an aromatic ring is 1. The molecule has 1 aromatic rings. The van der Waals surface area contributed by atoms with Crippen molar-refractivity contribution in [3.05, 3.63) is 29.8 Å². The Morgan fingerprint density at radius 3 is 2.85 bits per heavy atom. The highest BCUT2D eigenvalue weighted by atomic mass is 16.1. The maximum atomic E-state index is 10.3. The van der Waals surface area contributed by atoms with Crippen LogP contribution in [0.1, 0.15) is 5.56 Å². The van der Waals surface area contributed by atoms with Gasteiger partial charge in [0, 0.05) is 11.3 Å². The Balaban J connectivity index is 2.91. The summed E-state index contributed by atoms with van der Waals surface area (Å²) in [5.74, 6) is 9.37. The van der Waals surface area contributed by atoms with Gasteiger partial charge in [-0.1, -0.05) is 12.0 Å². The second-order valence-electron chi connectivity index (χ2n) is 2.34. The van der Waals surface area contributed by atoms with Gasteiger partial charge in [-0.2, -0.15) is 0 Å². The topological polar surface area (TPSA) is 81.1 Å². The molecule has 4 heteroatoms. The summed E-state index contributed by atoms with van der Waals surface area (Å²) in [6.45, 7) is 0. The van der Waals surface area contributed by atoms with E-state index in [-0.39, 0.29) is 0 Å². The molecule has 0 spiro atoms. The van der Waals surface area contributed by atoms with Crippen LogP contribution >= 0.6 is 0 Å². The summed E-state index contributed by atoms with van der Waals surface area (Å²) >= 11 is 0. The predicted octanol–water partition coefficient (Wildman–Crippen LogP) is -0.191. The molecule has 0 aliphatic rings. The quantitative estimate of drug-likeness (QED) is 0.314. The Labute approximate surface area is 75.9 Å². The molecule has 0 aromatic heterocycles. The van der Waals surface area contributed by atoms with Gasteiger partial charge in [-0.15, -0.1) is 0 Å². The largest absolute Gasteiger partial charge is 0.359 e. The first-order chi connectivity index (χ1) is 6.22. The molecule has 0 saturated carbocycles. The lowest BCUT2D eigenvalue weighted by Crippen LogP contribution is -2.07. The molecular formula is C9H9N3O. The highest BCUT2D eigenvalue weighted by Crippen LogP contribution is 2.07. The zero-order chi connectivity index (χ0) is 9.68. The van der Waals surface area contributed by atoms with E-state index in [9.17, 15) is 4.79 Å². The summed E-state index contributed by atoms with van der Waals surface area (Å²) < 4.78 is 0. The molecule has 1 aromatic carbocycles. The van der Waals surface area contributed by atoms with Gasteiger partial charge in [-0.3, -0.25) is 10.6 Å². The number of carbonyl (C=O) groups excluding carboxylic acids is 1. The zero-order valence-corrected chi connectivity index (χ0v) is 6.87. The molecular weight excluding hydrogens is 166 g/mol. The normalized spacial score (nSPS) is 8.38. The molecule has 0 saturated heterocycles. The smallest absolute Gasteiger partial charge is 0.293 e. The number of rotatable bonds is 1. The maximum absolute atomic E-state index is 10.3. The molecule has 0 aliphatic carbocycles. The fraction of sp³-hybridized carbons (Fsp3) is 0. The standard InChI is InChI=1S/C9H9N3O/c10-9(13)5-4-7-2-1-3-8(6-7)12-11/h1-3,6,12H,11H2,(H2,10,13). The molecule has 0 bridgehead atoms. The number of hydrazine groups is 1. The minimum Gasteiger partial charge on any atom is -0.359 e. The molecule has 5 N–H and O–H groups in total. The third-order valence-electron chi connectivity index (χ3n) is 1.36. The molecule has 0 atom stereocenters. The van der Waals surface area contributed by atoms with Crippen molar-refractivity contribution in [1.82, 2.24) is 0 Å². The van der Waals surface area contributed by atoms with Gasteiger partial charge in [0.15, 0.2) is 0 Å². The van der Waals surface area contributed by atoms with Gasteiger partial charge in [-0.25, -0.2) is 0 Å². The van der Waals surface area contributed by atoms with Crippen molar-refractivity contribution in [3.8, 4) is 11.8 Å². The molecule has 13 heavy (non-hydrogen) atoms. The fourth-order valence-electron chi connectivity index (χ4n) is 0.821. The van der Waals surface area contributed by atoms with Crippen molar-refractivity contribution in [2.45, 2.75) is 0 Å². The van der Waals surface area contributed by atoms with Crippen LogP contribution in [0.2, 0.25) is 0 Å². The molecule has 0 radical (unpaired) electrons. The van der Waals surface area contributed by atoms with Gasteiger partial charge in [-0.05, 0) is 24.1 Å². The summed E-state index contributed by atoms with van der Waals surface area (Å²) in [6.07, 6.45) is 0. The van der Waals surface area contributed by atoms with Crippen LogP contribution in [-0.4, -0.2) is 5.91 Å². The van der Waals surface area contributed by atoms with Crippen LogP contribution in [0.15, 0.2) is 24.3 Å². The van der Waals surface area contributed by atoms with Gasteiger partial charge in [0.1, 0.15) is 0 Å². The lowest BCUT2D eigenvalue weighted by atomic mass is 10.2. The first-order valence-corrected chi connectivity index (χ1v) is 3.60. The van der Waals surface area contributed by atoms with Gasteiger partial charge >= 0.3 is 0 Å². The predicted molar refractivity (Wildman–Crippen MR) is 50.3 cm³/mol. The van der Waals surface area contributed by atoms with Crippen LogP contribution in [0.5, 0.6) is 0 Å². The van der Waals surface area contributed by atoms with Crippen molar-refractivity contribution < 1.29 is 4.79 Å². The van der Waals surface area contributed by atoms with Gasteiger partial charge in [0.2, 0.25) is 0 Å². The number of nitrogens with one attached hydrogen (secondary N) is 1. The Kier molecular flexibility index (Phi) is 2.90. The fourth-order valence-corrected chi connectivity index (χ4v) is 0.821. The van der Waals surface area contributed by atoms with Crippen LogP contribution in [0.4, 0.5) is 5.69 Å². The minimum atomic E-state index is -0.647. The molecule has 0 unspecified atom stereocenters. The van der Waals surface area contributed by atoms with Crippen molar-refractivity contribution in [2.75, 3.05) is 5.43 Å². The van der Waals surface area contributed by atoms with Crippen LogP contribution in [0.3, 0.4) is 0 Å². The second-order valence-corrected chi connectivity index (χ2v) is 2.34. The lowest BCUT2D eigenvalue weighted by molar-refractivity contribution is -0.112. The van der Waals surface area contributed by atoms with E-state index in [1.807, 2.05) is 0 Å². The summed E-state index contributed by atoms with van der Waals surface area (Å²) in [6, 6.07) is 7.04. The molecule has 66 valence electrons. The number of anilines is 1. The first-order valence-electron chi connectivity index (χ1n) is 3.60. The second kappa shape index (κ2) is 4.14. The molecule has 0 fully saturated rings. The number of amides is 1. The molecule has 4 nitrogen and oxygen atoms in total. The summed E-state index contributed by atoms with van der Waals surface area (Å²) in [5.41, 5.74) is 8.75. The third kappa shape index (κ3) is 2.85. The highest BCUT2D eigenvalue weighted by molar-refractivity contribution is 5.92. The van der Waals surface area contributed by atoms with Crippen molar-refractivity contribution in [1.29, 1.82) is 0 Å².